The minimum absolute atomic E-state index is 0.689. The summed E-state index contributed by atoms with van der Waals surface area (Å²) >= 11 is 0. The number of nitrogens with zero attached hydrogens (tertiary/aromatic N) is 4. The summed E-state index contributed by atoms with van der Waals surface area (Å²) in [4.78, 5) is 17.4. The largest absolute Gasteiger partial charge is 0.256 e. The number of benzene rings is 1. The maximum absolute atomic E-state index is 4.41. The average molecular weight is 262 g/mol. The summed E-state index contributed by atoms with van der Waals surface area (Å²) in [6.45, 7) is 3.74. The molecule has 4 heteroatoms. The van der Waals surface area contributed by atoms with Crippen LogP contribution in [0.1, 0.15) is 11.6 Å². The van der Waals surface area contributed by atoms with E-state index in [0.29, 0.717) is 5.82 Å². The van der Waals surface area contributed by atoms with Gasteiger partial charge in [0, 0.05) is 17.3 Å². The van der Waals surface area contributed by atoms with E-state index in [1.54, 1.807) is 6.20 Å². The van der Waals surface area contributed by atoms with Gasteiger partial charge in [-0.2, -0.15) is 0 Å². The highest BCUT2D eigenvalue weighted by atomic mass is 15.0. The molecule has 0 N–H and O–H groups in total. The molecule has 4 nitrogen and oxygen atoms in total. The number of rotatable bonds is 2. The molecule has 0 amide bonds. The zero-order valence-corrected chi connectivity index (χ0v) is 11.4. The van der Waals surface area contributed by atoms with Crippen molar-refractivity contribution < 1.29 is 0 Å². The van der Waals surface area contributed by atoms with Gasteiger partial charge in [0.05, 0.1) is 5.69 Å². The van der Waals surface area contributed by atoms with Gasteiger partial charge in [0.1, 0.15) is 11.6 Å². The molecule has 0 spiro atoms. The number of pyridine rings is 1. The fourth-order valence-electron chi connectivity index (χ4n) is 2.08. The van der Waals surface area contributed by atoms with Gasteiger partial charge < -0.3 is 0 Å². The third-order valence-corrected chi connectivity index (χ3v) is 2.95. The van der Waals surface area contributed by atoms with Crippen LogP contribution >= 0.6 is 0 Å². The van der Waals surface area contributed by atoms with Crippen molar-refractivity contribution in [2.24, 2.45) is 0 Å². The molecule has 3 aromatic rings. The Kier molecular flexibility index (Phi) is 3.21. The van der Waals surface area contributed by atoms with E-state index in [4.69, 9.17) is 0 Å². The third kappa shape index (κ3) is 2.54. The van der Waals surface area contributed by atoms with Crippen molar-refractivity contribution in [3.8, 4) is 22.6 Å². The molecule has 0 saturated carbocycles. The number of aromatic nitrogens is 4. The SMILES string of the molecule is Cc1nc(C)nc(-c2ccnc(-c3ccccc3)c2)n1. The summed E-state index contributed by atoms with van der Waals surface area (Å²) in [6, 6.07) is 14.0. The Morgan fingerprint density at radius 1 is 0.750 bits per heavy atom. The number of hydrogen-bond acceptors (Lipinski definition) is 4. The molecule has 0 fully saturated rings. The molecule has 20 heavy (non-hydrogen) atoms. The molecule has 0 aliphatic heterocycles. The Hall–Kier alpha value is -2.62. The third-order valence-electron chi connectivity index (χ3n) is 2.95. The van der Waals surface area contributed by atoms with E-state index < -0.39 is 0 Å². The lowest BCUT2D eigenvalue weighted by molar-refractivity contribution is 0.928. The second-order valence-corrected chi connectivity index (χ2v) is 4.55. The predicted octanol–water partition coefficient (Wildman–Crippen LogP) is 3.22. The minimum atomic E-state index is 0.689. The van der Waals surface area contributed by atoms with Crippen molar-refractivity contribution in [2.45, 2.75) is 13.8 Å². The lowest BCUT2D eigenvalue weighted by Crippen LogP contribution is -1.99. The van der Waals surface area contributed by atoms with Crippen molar-refractivity contribution >= 4 is 0 Å². The van der Waals surface area contributed by atoms with Crippen molar-refractivity contribution in [1.82, 2.24) is 19.9 Å². The molecule has 2 aromatic heterocycles. The van der Waals surface area contributed by atoms with Crippen molar-refractivity contribution in [1.29, 1.82) is 0 Å². The van der Waals surface area contributed by atoms with Crippen LogP contribution in [0.25, 0.3) is 22.6 Å². The lowest BCUT2D eigenvalue weighted by atomic mass is 10.1. The van der Waals surface area contributed by atoms with Crippen LogP contribution < -0.4 is 0 Å². The molecule has 0 bridgehead atoms. The molecule has 0 radical (unpaired) electrons. The van der Waals surface area contributed by atoms with Gasteiger partial charge in [0.15, 0.2) is 5.82 Å². The first kappa shape index (κ1) is 12.4. The Balaban J connectivity index is 2.07. The first-order valence-electron chi connectivity index (χ1n) is 6.43. The highest BCUT2D eigenvalue weighted by Crippen LogP contribution is 2.22. The van der Waals surface area contributed by atoms with E-state index in [0.717, 1.165) is 28.5 Å². The highest BCUT2D eigenvalue weighted by molar-refractivity contribution is 5.66. The van der Waals surface area contributed by atoms with Crippen LogP contribution in [0.3, 0.4) is 0 Å². The van der Waals surface area contributed by atoms with Gasteiger partial charge in [-0.25, -0.2) is 15.0 Å². The average Bonchev–Trinajstić information content (AvgIpc) is 2.47. The summed E-state index contributed by atoms with van der Waals surface area (Å²) < 4.78 is 0. The van der Waals surface area contributed by atoms with E-state index in [-0.39, 0.29) is 0 Å². The predicted molar refractivity (Wildman–Crippen MR) is 78.0 cm³/mol. The summed E-state index contributed by atoms with van der Waals surface area (Å²) in [5, 5.41) is 0. The molecule has 0 aliphatic carbocycles. The van der Waals surface area contributed by atoms with Crippen LogP contribution in [0.15, 0.2) is 48.7 Å². The topological polar surface area (TPSA) is 51.6 Å². The second-order valence-electron chi connectivity index (χ2n) is 4.55. The van der Waals surface area contributed by atoms with Gasteiger partial charge in [-0.3, -0.25) is 4.98 Å². The van der Waals surface area contributed by atoms with Gasteiger partial charge in [-0.15, -0.1) is 0 Å². The highest BCUT2D eigenvalue weighted by Gasteiger charge is 2.06. The smallest absolute Gasteiger partial charge is 0.163 e. The fourth-order valence-corrected chi connectivity index (χ4v) is 2.08. The molecule has 98 valence electrons. The van der Waals surface area contributed by atoms with Crippen molar-refractivity contribution in [3.05, 3.63) is 60.3 Å². The van der Waals surface area contributed by atoms with Crippen LogP contribution in [-0.2, 0) is 0 Å². The standard InChI is InChI=1S/C16H14N4/c1-11-18-12(2)20-16(19-11)14-8-9-17-15(10-14)13-6-4-3-5-7-13/h3-10H,1-2H3. The summed E-state index contributed by atoms with van der Waals surface area (Å²) in [6.07, 6.45) is 1.78. The Morgan fingerprint density at radius 3 is 2.15 bits per heavy atom. The fraction of sp³-hybridized carbons (Fsp3) is 0.125. The monoisotopic (exact) mass is 262 g/mol. The quantitative estimate of drug-likeness (QED) is 0.711. The van der Waals surface area contributed by atoms with Crippen LogP contribution in [0.4, 0.5) is 0 Å². The van der Waals surface area contributed by atoms with Crippen LogP contribution in [0, 0.1) is 13.8 Å². The molecular formula is C16H14N4. The van der Waals surface area contributed by atoms with Gasteiger partial charge >= 0.3 is 0 Å². The van der Waals surface area contributed by atoms with Crippen molar-refractivity contribution in [2.75, 3.05) is 0 Å². The van der Waals surface area contributed by atoms with E-state index >= 15 is 0 Å². The van der Waals surface area contributed by atoms with Gasteiger partial charge in [-0.1, -0.05) is 30.3 Å². The Morgan fingerprint density at radius 2 is 1.45 bits per heavy atom. The number of hydrogen-bond donors (Lipinski definition) is 0. The normalized spacial score (nSPS) is 10.5. The molecule has 2 heterocycles. The maximum atomic E-state index is 4.41. The van der Waals surface area contributed by atoms with Gasteiger partial charge in [-0.05, 0) is 26.0 Å². The summed E-state index contributed by atoms with van der Waals surface area (Å²) in [7, 11) is 0. The van der Waals surface area contributed by atoms with Crippen LogP contribution in [0.2, 0.25) is 0 Å². The summed E-state index contributed by atoms with van der Waals surface area (Å²) in [5.41, 5.74) is 2.95. The summed E-state index contributed by atoms with van der Waals surface area (Å²) in [5.74, 6) is 2.14. The second kappa shape index (κ2) is 5.17. The molecule has 1 aromatic carbocycles. The van der Waals surface area contributed by atoms with Gasteiger partial charge in [0.2, 0.25) is 0 Å². The molecule has 0 aliphatic rings. The zero-order chi connectivity index (χ0) is 13.9. The first-order chi connectivity index (χ1) is 9.72. The Bertz CT molecular complexity index is 718. The minimum Gasteiger partial charge on any atom is -0.256 e. The van der Waals surface area contributed by atoms with E-state index in [1.165, 1.54) is 0 Å². The van der Waals surface area contributed by atoms with Crippen LogP contribution in [-0.4, -0.2) is 19.9 Å². The molecule has 3 rings (SSSR count). The first-order valence-corrected chi connectivity index (χ1v) is 6.43. The van der Waals surface area contributed by atoms with Crippen molar-refractivity contribution in [3.63, 3.8) is 0 Å². The molecular weight excluding hydrogens is 248 g/mol. The molecule has 0 unspecified atom stereocenters. The van der Waals surface area contributed by atoms with E-state index in [2.05, 4.69) is 19.9 Å². The molecule has 0 atom stereocenters. The lowest BCUT2D eigenvalue weighted by Gasteiger charge is -2.05. The zero-order valence-electron chi connectivity index (χ0n) is 11.4. The van der Waals surface area contributed by atoms with E-state index in [9.17, 15) is 0 Å². The van der Waals surface area contributed by atoms with E-state index in [1.807, 2.05) is 56.3 Å². The van der Waals surface area contributed by atoms with Crippen LogP contribution in [0.5, 0.6) is 0 Å². The molecule has 0 saturated heterocycles. The van der Waals surface area contributed by atoms with Gasteiger partial charge in [0.25, 0.3) is 0 Å². The Labute approximate surface area is 117 Å². The maximum Gasteiger partial charge on any atom is 0.163 e. The number of aryl methyl sites for hydroxylation is 2.